The third-order valence-electron chi connectivity index (χ3n) is 5.57. The maximum atomic E-state index is 11.6. The summed E-state index contributed by atoms with van der Waals surface area (Å²) in [6.45, 7) is 3.06. The van der Waals surface area contributed by atoms with Crippen molar-refractivity contribution in [2.75, 3.05) is 13.2 Å². The van der Waals surface area contributed by atoms with Crippen LogP contribution in [0.2, 0.25) is 5.02 Å². The van der Waals surface area contributed by atoms with E-state index in [9.17, 15) is 4.79 Å². The van der Waals surface area contributed by atoms with Gasteiger partial charge in [-0.3, -0.25) is 4.79 Å². The molecule has 0 radical (unpaired) electrons. The zero-order chi connectivity index (χ0) is 19.0. The second-order valence-electron chi connectivity index (χ2n) is 7.38. The molecule has 7 heteroatoms. The van der Waals surface area contributed by atoms with Crippen molar-refractivity contribution in [2.24, 2.45) is 5.92 Å². The van der Waals surface area contributed by atoms with Gasteiger partial charge in [-0.2, -0.15) is 5.10 Å². The summed E-state index contributed by atoms with van der Waals surface area (Å²) >= 11 is 10.5. The molecule has 27 heavy (non-hydrogen) atoms. The van der Waals surface area contributed by atoms with Gasteiger partial charge in [0.1, 0.15) is 0 Å². The van der Waals surface area contributed by atoms with Gasteiger partial charge in [0.2, 0.25) is 0 Å². The third-order valence-corrected chi connectivity index (χ3v) is 6.74. The van der Waals surface area contributed by atoms with Crippen molar-refractivity contribution in [1.29, 1.82) is 0 Å². The number of hydrogen-bond acceptors (Lipinski definition) is 4. The van der Waals surface area contributed by atoms with Gasteiger partial charge >= 0.3 is 5.97 Å². The summed E-state index contributed by atoms with van der Waals surface area (Å²) in [5, 5.41) is 6.41. The Kier molecular flexibility index (Phi) is 5.76. The second-order valence-corrected chi connectivity index (χ2v) is 8.58. The molecule has 4 rings (SSSR count). The molecule has 0 amide bonds. The van der Waals surface area contributed by atoms with Gasteiger partial charge in [0.15, 0.2) is 6.23 Å². The lowest BCUT2D eigenvalue weighted by Crippen LogP contribution is -2.18. The summed E-state index contributed by atoms with van der Waals surface area (Å²) in [4.78, 5) is 11.6. The molecule has 0 N–H and O–H groups in total. The van der Waals surface area contributed by atoms with E-state index < -0.39 is 0 Å². The zero-order valence-electron chi connectivity index (χ0n) is 15.4. The van der Waals surface area contributed by atoms with E-state index in [0.29, 0.717) is 24.9 Å². The van der Waals surface area contributed by atoms with Gasteiger partial charge in [-0.05, 0) is 78.4 Å². The number of ether oxygens (including phenoxy) is 2. The molecular weight excluding hydrogens is 432 g/mol. The van der Waals surface area contributed by atoms with Gasteiger partial charge in [0.05, 0.1) is 18.3 Å². The highest BCUT2D eigenvalue weighted by molar-refractivity contribution is 9.10. The number of rotatable bonds is 6. The lowest BCUT2D eigenvalue weighted by atomic mass is 10.0. The van der Waals surface area contributed by atoms with Crippen molar-refractivity contribution in [3.63, 3.8) is 0 Å². The van der Waals surface area contributed by atoms with Crippen LogP contribution in [-0.2, 0) is 14.3 Å². The van der Waals surface area contributed by atoms with Gasteiger partial charge in [-0.25, -0.2) is 4.68 Å². The number of aromatic nitrogens is 2. The normalized spacial score (nSPS) is 24.9. The standard InChI is InChI=1S/C20H24BrClN2O3/c1-2-26-18(25)7-6-12-9-13(12)19-15(22)10-16-14(20(19)21)11-23-24(16)17-5-3-4-8-27-17/h10-13,17H,2-9H2,1H3/t12-,13+,17?/m1/s1. The minimum atomic E-state index is -0.113. The smallest absolute Gasteiger partial charge is 0.305 e. The number of esters is 1. The maximum absolute atomic E-state index is 11.6. The van der Waals surface area contributed by atoms with Gasteiger partial charge in [0, 0.05) is 27.9 Å². The van der Waals surface area contributed by atoms with E-state index in [4.69, 9.17) is 21.1 Å². The number of halogens is 2. The lowest BCUT2D eigenvalue weighted by Gasteiger charge is -2.23. The Balaban J connectivity index is 1.54. The van der Waals surface area contributed by atoms with Crippen molar-refractivity contribution in [2.45, 2.75) is 57.6 Å². The lowest BCUT2D eigenvalue weighted by molar-refractivity contribution is -0.143. The van der Waals surface area contributed by atoms with Crippen LogP contribution >= 0.6 is 27.5 Å². The van der Waals surface area contributed by atoms with Crippen LogP contribution < -0.4 is 0 Å². The molecule has 0 bridgehead atoms. The molecule has 5 nitrogen and oxygen atoms in total. The molecule has 1 aliphatic heterocycles. The van der Waals surface area contributed by atoms with Crippen LogP contribution in [0.15, 0.2) is 16.7 Å². The monoisotopic (exact) mass is 454 g/mol. The minimum Gasteiger partial charge on any atom is -0.466 e. The molecule has 146 valence electrons. The van der Waals surface area contributed by atoms with Crippen LogP contribution in [0.25, 0.3) is 10.9 Å². The SMILES string of the molecule is CCOC(=O)CC[C@@H]1C[C@@H]1c1c(Cl)cc2c(cnn2C2CCCCO2)c1Br. The van der Waals surface area contributed by atoms with Crippen molar-refractivity contribution in [3.05, 3.63) is 27.3 Å². The summed E-state index contributed by atoms with van der Waals surface area (Å²) in [5.41, 5.74) is 2.15. The van der Waals surface area contributed by atoms with E-state index in [1.807, 2.05) is 23.9 Å². The summed E-state index contributed by atoms with van der Waals surface area (Å²) in [6, 6.07) is 2.02. The molecular formula is C20H24BrClN2O3. The first-order valence-electron chi connectivity index (χ1n) is 9.72. The van der Waals surface area contributed by atoms with E-state index in [-0.39, 0.29) is 12.2 Å². The first-order chi connectivity index (χ1) is 13.1. The largest absolute Gasteiger partial charge is 0.466 e. The molecule has 2 fully saturated rings. The van der Waals surface area contributed by atoms with E-state index in [0.717, 1.165) is 64.7 Å². The zero-order valence-corrected chi connectivity index (χ0v) is 17.8. The fourth-order valence-electron chi connectivity index (χ4n) is 4.07. The Bertz CT molecular complexity index is 847. The predicted octanol–water partition coefficient (Wildman–Crippen LogP) is 5.60. The fraction of sp³-hybridized carbons (Fsp3) is 0.600. The molecule has 2 aromatic rings. The van der Waals surface area contributed by atoms with Crippen molar-refractivity contribution < 1.29 is 14.3 Å². The number of nitrogens with zero attached hydrogens (tertiary/aromatic N) is 2. The van der Waals surface area contributed by atoms with Crippen LogP contribution in [-0.4, -0.2) is 29.0 Å². The van der Waals surface area contributed by atoms with Crippen LogP contribution in [0, 0.1) is 5.92 Å². The number of benzene rings is 1. The summed E-state index contributed by atoms with van der Waals surface area (Å²) < 4.78 is 13.9. The van der Waals surface area contributed by atoms with Crippen LogP contribution in [0.3, 0.4) is 0 Å². The molecule has 1 unspecified atom stereocenters. The van der Waals surface area contributed by atoms with Crippen molar-refractivity contribution >= 4 is 44.4 Å². The van der Waals surface area contributed by atoms with E-state index in [2.05, 4.69) is 21.0 Å². The number of carbonyl (C=O) groups is 1. The minimum absolute atomic E-state index is 0.0108. The Morgan fingerprint density at radius 2 is 2.33 bits per heavy atom. The first-order valence-corrected chi connectivity index (χ1v) is 10.9. The van der Waals surface area contributed by atoms with Gasteiger partial charge in [-0.1, -0.05) is 11.6 Å². The summed E-state index contributed by atoms with van der Waals surface area (Å²) in [5.74, 6) is 0.759. The maximum Gasteiger partial charge on any atom is 0.305 e. The Labute approximate surface area is 172 Å². The van der Waals surface area contributed by atoms with E-state index >= 15 is 0 Å². The van der Waals surface area contributed by atoms with Crippen molar-refractivity contribution in [3.8, 4) is 0 Å². The second kappa shape index (κ2) is 8.10. The third kappa shape index (κ3) is 3.89. The van der Waals surface area contributed by atoms with E-state index in [1.54, 1.807) is 0 Å². The molecule has 0 spiro atoms. The van der Waals surface area contributed by atoms with Gasteiger partial charge in [0.25, 0.3) is 0 Å². The molecule has 1 aliphatic carbocycles. The molecule has 2 heterocycles. The quantitative estimate of drug-likeness (QED) is 0.532. The summed E-state index contributed by atoms with van der Waals surface area (Å²) in [6.07, 6.45) is 7.51. The first kappa shape index (κ1) is 19.2. The van der Waals surface area contributed by atoms with Gasteiger partial charge in [-0.15, -0.1) is 0 Å². The Hall–Kier alpha value is -1.11. The molecule has 1 aromatic carbocycles. The molecule has 1 aromatic heterocycles. The average molecular weight is 456 g/mol. The predicted molar refractivity (Wildman–Crippen MR) is 108 cm³/mol. The Morgan fingerprint density at radius 3 is 3.07 bits per heavy atom. The highest BCUT2D eigenvalue weighted by Gasteiger charge is 2.41. The van der Waals surface area contributed by atoms with Crippen LogP contribution in [0.4, 0.5) is 0 Å². The van der Waals surface area contributed by atoms with Crippen LogP contribution in [0.1, 0.15) is 63.2 Å². The number of hydrogen-bond donors (Lipinski definition) is 0. The molecule has 3 atom stereocenters. The average Bonchev–Trinajstić information content (AvgIpc) is 3.29. The molecule has 1 saturated heterocycles. The highest BCUT2D eigenvalue weighted by Crippen LogP contribution is 2.55. The summed E-state index contributed by atoms with van der Waals surface area (Å²) in [7, 11) is 0. The topological polar surface area (TPSA) is 53.3 Å². The number of fused-ring (bicyclic) bond motifs is 1. The van der Waals surface area contributed by atoms with Gasteiger partial charge < -0.3 is 9.47 Å². The van der Waals surface area contributed by atoms with Crippen molar-refractivity contribution in [1.82, 2.24) is 9.78 Å². The fourth-order valence-corrected chi connectivity index (χ4v) is 5.34. The number of carbonyl (C=O) groups excluding carboxylic acids is 1. The molecule has 1 saturated carbocycles. The Morgan fingerprint density at radius 1 is 1.48 bits per heavy atom. The van der Waals surface area contributed by atoms with Crippen LogP contribution in [0.5, 0.6) is 0 Å². The molecule has 2 aliphatic rings. The van der Waals surface area contributed by atoms with E-state index in [1.165, 1.54) is 0 Å². The highest BCUT2D eigenvalue weighted by atomic mass is 79.9.